The molecule has 0 bridgehead atoms. The van der Waals surface area contributed by atoms with Gasteiger partial charge in [-0.1, -0.05) is 0 Å². The minimum Gasteiger partial charge on any atom is -0.493 e. The molecule has 0 fully saturated rings. The van der Waals surface area contributed by atoms with E-state index in [9.17, 15) is 13.2 Å². The van der Waals surface area contributed by atoms with Gasteiger partial charge in [0.05, 0.1) is 12.2 Å². The monoisotopic (exact) mass is 270 g/mol. The van der Waals surface area contributed by atoms with Gasteiger partial charge in [0.1, 0.15) is 5.75 Å². The molecule has 0 amide bonds. The summed E-state index contributed by atoms with van der Waals surface area (Å²) in [7, 11) is 1.83. The normalized spacial score (nSPS) is 11.6. The number of benzene rings is 1. The summed E-state index contributed by atoms with van der Waals surface area (Å²) in [6, 6.07) is 6.55. The number of aromatic nitrogens is 2. The molecule has 1 heterocycles. The molecule has 3 nitrogen and oxygen atoms in total. The lowest BCUT2D eigenvalue weighted by atomic mass is 10.2. The molecular weight excluding hydrogens is 257 g/mol. The predicted octanol–water partition coefficient (Wildman–Crippen LogP) is 3.06. The van der Waals surface area contributed by atoms with Gasteiger partial charge in [-0.05, 0) is 30.3 Å². The molecule has 6 heteroatoms. The number of rotatable bonds is 4. The van der Waals surface area contributed by atoms with E-state index < -0.39 is 11.7 Å². The van der Waals surface area contributed by atoms with Crippen molar-refractivity contribution in [3.8, 4) is 5.75 Å². The third-order valence-electron chi connectivity index (χ3n) is 2.73. The van der Waals surface area contributed by atoms with Gasteiger partial charge in [-0.25, -0.2) is 0 Å². The third kappa shape index (κ3) is 3.49. The number of hydrogen-bond donors (Lipinski definition) is 0. The summed E-state index contributed by atoms with van der Waals surface area (Å²) in [4.78, 5) is 0. The average Bonchev–Trinajstić information content (AvgIpc) is 2.75. The van der Waals surface area contributed by atoms with Crippen LogP contribution in [0.2, 0.25) is 0 Å². The fraction of sp³-hybridized carbons (Fsp3) is 0.308. The van der Waals surface area contributed by atoms with Crippen LogP contribution in [-0.4, -0.2) is 16.4 Å². The summed E-state index contributed by atoms with van der Waals surface area (Å²) in [5.74, 6) is 0.426. The quantitative estimate of drug-likeness (QED) is 0.853. The zero-order valence-electron chi connectivity index (χ0n) is 10.3. The molecule has 0 atom stereocenters. The first-order valence-corrected chi connectivity index (χ1v) is 5.74. The highest BCUT2D eigenvalue weighted by molar-refractivity contribution is 5.28. The predicted molar refractivity (Wildman–Crippen MR) is 63.9 cm³/mol. The van der Waals surface area contributed by atoms with Crippen LogP contribution >= 0.6 is 0 Å². The average molecular weight is 270 g/mol. The van der Waals surface area contributed by atoms with Crippen molar-refractivity contribution >= 4 is 0 Å². The second-order valence-electron chi connectivity index (χ2n) is 4.07. The maximum absolute atomic E-state index is 12.4. The molecule has 0 N–H and O–H groups in total. The van der Waals surface area contributed by atoms with Crippen molar-refractivity contribution in [2.24, 2.45) is 7.05 Å². The van der Waals surface area contributed by atoms with Crippen LogP contribution in [0, 0.1) is 0 Å². The summed E-state index contributed by atoms with van der Waals surface area (Å²) in [5, 5.41) is 4.02. The summed E-state index contributed by atoms with van der Waals surface area (Å²) in [6.07, 6.45) is -1.97. The minimum atomic E-state index is -4.31. The summed E-state index contributed by atoms with van der Waals surface area (Å²) in [6.45, 7) is 0.394. The lowest BCUT2D eigenvalue weighted by molar-refractivity contribution is -0.137. The van der Waals surface area contributed by atoms with Gasteiger partial charge < -0.3 is 4.74 Å². The minimum absolute atomic E-state index is 0.394. The SMILES string of the molecule is Cn1nccc1CCOc1ccc(C(F)(F)F)cc1. The first-order valence-electron chi connectivity index (χ1n) is 5.74. The molecule has 0 spiro atoms. The Balaban J connectivity index is 1.89. The van der Waals surface area contributed by atoms with Gasteiger partial charge in [0, 0.05) is 25.4 Å². The number of hydrogen-bond acceptors (Lipinski definition) is 2. The van der Waals surface area contributed by atoms with Crippen molar-refractivity contribution in [2.75, 3.05) is 6.61 Å². The second kappa shape index (κ2) is 5.34. The highest BCUT2D eigenvalue weighted by Gasteiger charge is 2.29. The fourth-order valence-electron chi connectivity index (χ4n) is 1.66. The maximum atomic E-state index is 12.4. The Morgan fingerprint density at radius 2 is 1.84 bits per heavy atom. The maximum Gasteiger partial charge on any atom is 0.416 e. The fourth-order valence-corrected chi connectivity index (χ4v) is 1.66. The van der Waals surface area contributed by atoms with Gasteiger partial charge in [-0.15, -0.1) is 0 Å². The topological polar surface area (TPSA) is 27.1 Å². The molecular formula is C13H13F3N2O. The van der Waals surface area contributed by atoms with Crippen molar-refractivity contribution in [1.29, 1.82) is 0 Å². The number of alkyl halides is 3. The standard InChI is InChI=1S/C13H13F3N2O/c1-18-11(6-8-17-18)7-9-19-12-4-2-10(3-5-12)13(14,15)16/h2-6,8H,7,9H2,1H3. The van der Waals surface area contributed by atoms with E-state index in [4.69, 9.17) is 4.74 Å². The van der Waals surface area contributed by atoms with Crippen molar-refractivity contribution in [3.05, 3.63) is 47.8 Å². The van der Waals surface area contributed by atoms with Crippen LogP contribution in [-0.2, 0) is 19.6 Å². The van der Waals surface area contributed by atoms with Gasteiger partial charge >= 0.3 is 6.18 Å². The number of nitrogens with zero attached hydrogens (tertiary/aromatic N) is 2. The lowest BCUT2D eigenvalue weighted by Gasteiger charge is -2.09. The Bertz CT molecular complexity index is 532. The Morgan fingerprint density at radius 3 is 2.37 bits per heavy atom. The zero-order chi connectivity index (χ0) is 13.9. The molecule has 0 saturated carbocycles. The Morgan fingerprint density at radius 1 is 1.16 bits per heavy atom. The van der Waals surface area contributed by atoms with Crippen molar-refractivity contribution in [1.82, 2.24) is 9.78 Å². The van der Waals surface area contributed by atoms with E-state index >= 15 is 0 Å². The smallest absolute Gasteiger partial charge is 0.416 e. The summed E-state index contributed by atoms with van der Waals surface area (Å²) in [5.41, 5.74) is 0.332. The van der Waals surface area contributed by atoms with E-state index in [0.29, 0.717) is 18.8 Å². The van der Waals surface area contributed by atoms with Crippen molar-refractivity contribution in [2.45, 2.75) is 12.6 Å². The molecule has 1 aromatic heterocycles. The molecule has 102 valence electrons. The molecule has 0 unspecified atom stereocenters. The van der Waals surface area contributed by atoms with Gasteiger partial charge in [-0.2, -0.15) is 18.3 Å². The molecule has 0 aliphatic rings. The number of halogens is 3. The molecule has 2 aromatic rings. The highest BCUT2D eigenvalue weighted by atomic mass is 19.4. The Kier molecular flexibility index (Phi) is 3.78. The summed E-state index contributed by atoms with van der Waals surface area (Å²) < 4.78 is 44.2. The van der Waals surface area contributed by atoms with Crippen molar-refractivity contribution < 1.29 is 17.9 Å². The first-order chi connectivity index (χ1) is 8.97. The van der Waals surface area contributed by atoms with Crippen molar-refractivity contribution in [3.63, 3.8) is 0 Å². The largest absolute Gasteiger partial charge is 0.493 e. The van der Waals surface area contributed by atoms with E-state index in [2.05, 4.69) is 5.10 Å². The van der Waals surface area contributed by atoms with Crippen LogP contribution in [0.15, 0.2) is 36.5 Å². The third-order valence-corrected chi connectivity index (χ3v) is 2.73. The van der Waals surface area contributed by atoms with E-state index in [-0.39, 0.29) is 0 Å². The molecule has 0 aliphatic heterocycles. The van der Waals surface area contributed by atoms with Gasteiger partial charge in [-0.3, -0.25) is 4.68 Å². The van der Waals surface area contributed by atoms with E-state index in [1.807, 2.05) is 13.1 Å². The lowest BCUT2D eigenvalue weighted by Crippen LogP contribution is -2.07. The molecule has 0 radical (unpaired) electrons. The van der Waals surface area contributed by atoms with Crippen LogP contribution in [0.3, 0.4) is 0 Å². The van der Waals surface area contributed by atoms with Crippen LogP contribution < -0.4 is 4.74 Å². The van der Waals surface area contributed by atoms with Crippen LogP contribution in [0.4, 0.5) is 13.2 Å². The summed E-state index contributed by atoms with van der Waals surface area (Å²) >= 11 is 0. The van der Waals surface area contributed by atoms with Gasteiger partial charge in [0.15, 0.2) is 0 Å². The molecule has 0 saturated heterocycles. The Labute approximate surface area is 108 Å². The van der Waals surface area contributed by atoms with E-state index in [0.717, 1.165) is 17.8 Å². The molecule has 19 heavy (non-hydrogen) atoms. The zero-order valence-corrected chi connectivity index (χ0v) is 10.3. The van der Waals surface area contributed by atoms with E-state index in [1.54, 1.807) is 10.9 Å². The highest BCUT2D eigenvalue weighted by Crippen LogP contribution is 2.30. The molecule has 0 aliphatic carbocycles. The molecule has 1 aromatic carbocycles. The Hall–Kier alpha value is -1.98. The van der Waals surface area contributed by atoms with Crippen LogP contribution in [0.5, 0.6) is 5.75 Å². The first kappa shape index (κ1) is 13.5. The van der Waals surface area contributed by atoms with Crippen LogP contribution in [0.25, 0.3) is 0 Å². The van der Waals surface area contributed by atoms with E-state index in [1.165, 1.54) is 12.1 Å². The number of aryl methyl sites for hydroxylation is 1. The number of ether oxygens (including phenoxy) is 1. The van der Waals surface area contributed by atoms with Gasteiger partial charge in [0.25, 0.3) is 0 Å². The second-order valence-corrected chi connectivity index (χ2v) is 4.07. The van der Waals surface area contributed by atoms with Gasteiger partial charge in [0.2, 0.25) is 0 Å². The van der Waals surface area contributed by atoms with Crippen LogP contribution in [0.1, 0.15) is 11.3 Å². The molecule has 2 rings (SSSR count).